The van der Waals surface area contributed by atoms with E-state index in [9.17, 15) is 18.0 Å². The monoisotopic (exact) mass is 434 g/mol. The molecule has 2 aromatic carbocycles. The van der Waals surface area contributed by atoms with E-state index in [0.717, 1.165) is 10.5 Å². The highest BCUT2D eigenvalue weighted by Gasteiger charge is 2.28. The van der Waals surface area contributed by atoms with Crippen LogP contribution in [-0.4, -0.2) is 38.3 Å². The molecule has 7 nitrogen and oxygen atoms in total. The van der Waals surface area contributed by atoms with E-state index in [2.05, 4.69) is 10.6 Å². The first-order valence-corrected chi connectivity index (χ1v) is 11.5. The van der Waals surface area contributed by atoms with E-state index in [1.54, 1.807) is 18.2 Å². The molecule has 1 aliphatic heterocycles. The van der Waals surface area contributed by atoms with Crippen LogP contribution in [0.1, 0.15) is 18.9 Å². The van der Waals surface area contributed by atoms with Crippen molar-refractivity contribution in [3.05, 3.63) is 42.0 Å². The number of carbonyl (C=O) groups excluding carboxylic acids is 2. The lowest BCUT2D eigenvalue weighted by atomic mass is 10.2. The molecule has 0 aliphatic carbocycles. The minimum absolute atomic E-state index is 0.0764. The van der Waals surface area contributed by atoms with Crippen LogP contribution in [0.5, 0.6) is 5.75 Å². The fraction of sp³-hybridized carbons (Fsp3) is 0.300. The normalized spacial score (nSPS) is 14.5. The molecule has 0 radical (unpaired) electrons. The average molecular weight is 435 g/mol. The molecule has 0 spiro atoms. The summed E-state index contributed by atoms with van der Waals surface area (Å²) in [6, 6.07) is 10.00. The number of fused-ring (bicyclic) bond motifs is 1. The summed E-state index contributed by atoms with van der Waals surface area (Å²) in [5.41, 5.74) is 1.92. The maximum atomic E-state index is 12.9. The van der Waals surface area contributed by atoms with Crippen molar-refractivity contribution in [3.8, 4) is 5.75 Å². The molecule has 0 fully saturated rings. The number of hydrogen-bond acceptors (Lipinski definition) is 6. The minimum atomic E-state index is -3.75. The first-order chi connectivity index (χ1) is 13.7. The van der Waals surface area contributed by atoms with Crippen LogP contribution in [0.15, 0.2) is 46.2 Å². The fourth-order valence-electron chi connectivity index (χ4n) is 2.96. The van der Waals surface area contributed by atoms with Gasteiger partial charge in [0.2, 0.25) is 11.8 Å². The molecule has 0 saturated heterocycles. The smallest absolute Gasteiger partial charge is 0.234 e. The topological polar surface area (TPSA) is 102 Å². The van der Waals surface area contributed by atoms with E-state index >= 15 is 0 Å². The molecule has 2 amide bonds. The molecular formula is C20H22N2O5S2. The molecule has 0 unspecified atom stereocenters. The second-order valence-electron chi connectivity index (χ2n) is 6.81. The Morgan fingerprint density at radius 3 is 2.76 bits per heavy atom. The predicted molar refractivity (Wildman–Crippen MR) is 113 cm³/mol. The summed E-state index contributed by atoms with van der Waals surface area (Å²) in [5, 5.41) is 4.47. The summed E-state index contributed by atoms with van der Waals surface area (Å²) in [5.74, 6) is 0.212. The second-order valence-corrected chi connectivity index (χ2v) is 10.2. The van der Waals surface area contributed by atoms with Gasteiger partial charge in [-0.25, -0.2) is 8.42 Å². The molecule has 0 saturated carbocycles. The van der Waals surface area contributed by atoms with Crippen molar-refractivity contribution in [1.82, 2.24) is 0 Å². The third kappa shape index (κ3) is 4.73. The number of benzene rings is 2. The molecule has 29 heavy (non-hydrogen) atoms. The van der Waals surface area contributed by atoms with Gasteiger partial charge in [0.25, 0.3) is 0 Å². The first kappa shape index (κ1) is 21.2. The summed E-state index contributed by atoms with van der Waals surface area (Å²) in [6.07, 6.45) is -0.211. The van der Waals surface area contributed by atoms with E-state index in [-0.39, 0.29) is 17.2 Å². The van der Waals surface area contributed by atoms with Crippen molar-refractivity contribution in [3.63, 3.8) is 0 Å². The van der Waals surface area contributed by atoms with Crippen LogP contribution in [0.4, 0.5) is 11.4 Å². The molecule has 3 rings (SSSR count). The van der Waals surface area contributed by atoms with Crippen LogP contribution in [0, 0.1) is 6.92 Å². The Balaban J connectivity index is 1.75. The highest BCUT2D eigenvalue weighted by Crippen LogP contribution is 2.34. The predicted octanol–water partition coefficient (Wildman–Crippen LogP) is 3.24. The Hall–Kier alpha value is -2.52. The van der Waals surface area contributed by atoms with E-state index in [0.29, 0.717) is 22.9 Å². The Labute approximate surface area is 174 Å². The number of carbonyl (C=O) groups is 2. The minimum Gasteiger partial charge on any atom is -0.495 e. The lowest BCUT2D eigenvalue weighted by molar-refractivity contribution is -0.116. The number of ether oxygens (including phenoxy) is 1. The van der Waals surface area contributed by atoms with Gasteiger partial charge in [0.1, 0.15) is 5.75 Å². The van der Waals surface area contributed by atoms with Crippen LogP contribution in [-0.2, 0) is 19.4 Å². The number of thioether (sulfide) groups is 1. The quantitative estimate of drug-likeness (QED) is 0.724. The second kappa shape index (κ2) is 8.46. The number of anilines is 2. The van der Waals surface area contributed by atoms with E-state index < -0.39 is 21.0 Å². The van der Waals surface area contributed by atoms with Gasteiger partial charge < -0.3 is 15.4 Å². The largest absolute Gasteiger partial charge is 0.495 e. The van der Waals surface area contributed by atoms with Gasteiger partial charge in [-0.15, -0.1) is 11.8 Å². The highest BCUT2D eigenvalue weighted by molar-refractivity contribution is 8.00. The fourth-order valence-corrected chi connectivity index (χ4v) is 5.13. The van der Waals surface area contributed by atoms with Crippen molar-refractivity contribution in [2.24, 2.45) is 0 Å². The summed E-state index contributed by atoms with van der Waals surface area (Å²) < 4.78 is 31.1. The SMILES string of the molecule is COc1ccc(C)cc1NC(=O)C[C@H](C)S(=O)(=O)c1ccc2c(c1)NC(=O)CS2. The number of sulfone groups is 1. The number of rotatable bonds is 6. The molecule has 9 heteroatoms. The summed E-state index contributed by atoms with van der Waals surface area (Å²) in [6.45, 7) is 3.38. The standard InChI is InChI=1S/C20H22N2O5S2/c1-12-4-6-17(27-3)15(8-12)21-19(23)9-13(2)29(25,26)14-5-7-18-16(10-14)22-20(24)11-28-18/h4-8,10,13H,9,11H2,1-3H3,(H,21,23)(H,22,24)/t13-/m0/s1. The number of hydrogen-bond donors (Lipinski definition) is 2. The molecule has 1 heterocycles. The van der Waals surface area contributed by atoms with Gasteiger partial charge >= 0.3 is 0 Å². The van der Waals surface area contributed by atoms with Gasteiger partial charge in [0.15, 0.2) is 9.84 Å². The summed E-state index contributed by atoms with van der Waals surface area (Å²) >= 11 is 1.36. The summed E-state index contributed by atoms with van der Waals surface area (Å²) in [4.78, 5) is 24.9. The Kier molecular flexibility index (Phi) is 6.18. The van der Waals surface area contributed by atoms with Gasteiger partial charge in [0, 0.05) is 11.3 Å². The van der Waals surface area contributed by atoms with Gasteiger partial charge in [-0.1, -0.05) is 6.07 Å². The third-order valence-electron chi connectivity index (χ3n) is 4.54. The zero-order valence-corrected chi connectivity index (χ0v) is 17.9. The zero-order valence-electron chi connectivity index (χ0n) is 16.3. The molecule has 2 aromatic rings. The zero-order chi connectivity index (χ0) is 21.2. The van der Waals surface area contributed by atoms with Gasteiger partial charge in [-0.2, -0.15) is 0 Å². The number of amides is 2. The van der Waals surface area contributed by atoms with Crippen molar-refractivity contribution < 1.29 is 22.7 Å². The van der Waals surface area contributed by atoms with Crippen molar-refractivity contribution >= 4 is 44.8 Å². The average Bonchev–Trinajstić information content (AvgIpc) is 2.67. The molecule has 0 bridgehead atoms. The molecule has 1 aliphatic rings. The first-order valence-electron chi connectivity index (χ1n) is 8.96. The van der Waals surface area contributed by atoms with Crippen molar-refractivity contribution in [2.45, 2.75) is 35.3 Å². The molecule has 0 aromatic heterocycles. The van der Waals surface area contributed by atoms with Gasteiger partial charge in [-0.05, 0) is 49.7 Å². The van der Waals surface area contributed by atoms with Crippen LogP contribution in [0.3, 0.4) is 0 Å². The van der Waals surface area contributed by atoms with E-state index in [4.69, 9.17) is 4.74 Å². The van der Waals surface area contributed by atoms with Crippen LogP contribution >= 0.6 is 11.8 Å². The maximum absolute atomic E-state index is 12.9. The molecule has 154 valence electrons. The van der Waals surface area contributed by atoms with E-state index in [1.807, 2.05) is 13.0 Å². The Bertz CT molecular complexity index is 1070. The number of nitrogens with one attached hydrogen (secondary N) is 2. The molecular weight excluding hydrogens is 412 g/mol. The van der Waals surface area contributed by atoms with Gasteiger partial charge in [0.05, 0.1) is 34.4 Å². The van der Waals surface area contributed by atoms with Crippen LogP contribution in [0.2, 0.25) is 0 Å². The van der Waals surface area contributed by atoms with Crippen LogP contribution in [0.25, 0.3) is 0 Å². The Morgan fingerprint density at radius 2 is 2.03 bits per heavy atom. The lowest BCUT2D eigenvalue weighted by Gasteiger charge is -2.19. The lowest BCUT2D eigenvalue weighted by Crippen LogP contribution is -2.25. The summed E-state index contributed by atoms with van der Waals surface area (Å²) in [7, 11) is -2.25. The Morgan fingerprint density at radius 1 is 1.28 bits per heavy atom. The molecule has 2 N–H and O–H groups in total. The number of aryl methyl sites for hydroxylation is 1. The highest BCUT2D eigenvalue weighted by atomic mass is 32.2. The van der Waals surface area contributed by atoms with Gasteiger partial charge in [-0.3, -0.25) is 9.59 Å². The van der Waals surface area contributed by atoms with Crippen molar-refractivity contribution in [1.29, 1.82) is 0 Å². The van der Waals surface area contributed by atoms with Crippen LogP contribution < -0.4 is 15.4 Å². The van der Waals surface area contributed by atoms with E-state index in [1.165, 1.54) is 37.9 Å². The molecule has 1 atom stereocenters. The van der Waals surface area contributed by atoms with Crippen molar-refractivity contribution in [2.75, 3.05) is 23.5 Å². The maximum Gasteiger partial charge on any atom is 0.234 e. The number of methoxy groups -OCH3 is 1. The third-order valence-corrected chi connectivity index (χ3v) is 7.75.